The molecule has 10 heteroatoms. The standard InChI is InChI=1S/C20H26F3N3O3S/c1-3-4-5-6-9-29-18-10-14(2)7-8-15(18)12-25-19-17(20(21,22)23)11-16(13-26-19)30(24,27)28/h7-8,10-11,13H,3-6,9,12H2,1-2H3,(H,25,26)(H2,24,27,28). The van der Waals surface area contributed by atoms with E-state index in [-0.39, 0.29) is 6.54 Å². The third kappa shape index (κ3) is 6.88. The molecule has 3 N–H and O–H groups in total. The Morgan fingerprint density at radius 1 is 1.17 bits per heavy atom. The van der Waals surface area contributed by atoms with Gasteiger partial charge in [-0.25, -0.2) is 18.5 Å². The van der Waals surface area contributed by atoms with Gasteiger partial charge in [0.1, 0.15) is 16.5 Å². The van der Waals surface area contributed by atoms with E-state index in [0.717, 1.165) is 37.4 Å². The van der Waals surface area contributed by atoms with Crippen LogP contribution in [0.2, 0.25) is 0 Å². The fourth-order valence-corrected chi connectivity index (χ4v) is 3.27. The summed E-state index contributed by atoms with van der Waals surface area (Å²) in [5.41, 5.74) is 0.429. The number of nitrogens with zero attached hydrogens (tertiary/aromatic N) is 1. The fraction of sp³-hybridized carbons (Fsp3) is 0.450. The van der Waals surface area contributed by atoms with Crippen molar-refractivity contribution < 1.29 is 26.3 Å². The summed E-state index contributed by atoms with van der Waals surface area (Å²) >= 11 is 0. The summed E-state index contributed by atoms with van der Waals surface area (Å²) in [5, 5.41) is 7.56. The van der Waals surface area contributed by atoms with E-state index in [2.05, 4.69) is 17.2 Å². The quantitative estimate of drug-likeness (QED) is 0.520. The molecule has 30 heavy (non-hydrogen) atoms. The first kappa shape index (κ1) is 23.9. The van der Waals surface area contributed by atoms with Gasteiger partial charge in [0, 0.05) is 18.3 Å². The van der Waals surface area contributed by atoms with Crippen LogP contribution in [0.3, 0.4) is 0 Å². The van der Waals surface area contributed by atoms with Crippen LogP contribution < -0.4 is 15.2 Å². The number of anilines is 1. The van der Waals surface area contributed by atoms with Crippen LogP contribution in [0.5, 0.6) is 5.75 Å². The maximum atomic E-state index is 13.4. The topological polar surface area (TPSA) is 94.3 Å². The minimum atomic E-state index is -4.80. The Hall–Kier alpha value is -2.33. The van der Waals surface area contributed by atoms with E-state index in [0.29, 0.717) is 24.0 Å². The molecule has 0 aliphatic carbocycles. The largest absolute Gasteiger partial charge is 0.493 e. The predicted octanol–water partition coefficient (Wildman–Crippen LogP) is 4.63. The Balaban J connectivity index is 2.20. The van der Waals surface area contributed by atoms with Crippen LogP contribution in [0.1, 0.15) is 49.3 Å². The van der Waals surface area contributed by atoms with Crippen LogP contribution >= 0.6 is 0 Å². The minimum absolute atomic E-state index is 0.0232. The van der Waals surface area contributed by atoms with Gasteiger partial charge >= 0.3 is 6.18 Å². The number of primary sulfonamides is 1. The molecule has 0 fully saturated rings. The lowest BCUT2D eigenvalue weighted by molar-refractivity contribution is -0.137. The molecule has 2 aromatic rings. The van der Waals surface area contributed by atoms with Crippen LogP contribution in [0, 0.1) is 6.92 Å². The van der Waals surface area contributed by atoms with Crippen molar-refractivity contribution in [2.24, 2.45) is 5.14 Å². The van der Waals surface area contributed by atoms with Crippen LogP contribution in [-0.4, -0.2) is 20.0 Å². The van der Waals surface area contributed by atoms with Crippen LogP contribution in [0.15, 0.2) is 35.4 Å². The molecule has 0 radical (unpaired) electrons. The molecule has 1 aromatic heterocycles. The van der Waals surface area contributed by atoms with Gasteiger partial charge in [-0.2, -0.15) is 13.2 Å². The van der Waals surface area contributed by atoms with Crippen molar-refractivity contribution in [1.82, 2.24) is 4.98 Å². The van der Waals surface area contributed by atoms with Crippen molar-refractivity contribution in [3.05, 3.63) is 47.2 Å². The second kappa shape index (κ2) is 10.1. The van der Waals surface area contributed by atoms with Crippen molar-refractivity contribution in [3.63, 3.8) is 0 Å². The fourth-order valence-electron chi connectivity index (χ4n) is 2.79. The molecule has 0 bridgehead atoms. The maximum absolute atomic E-state index is 13.4. The number of aryl methyl sites for hydroxylation is 1. The first-order chi connectivity index (χ1) is 14.0. The highest BCUT2D eigenvalue weighted by molar-refractivity contribution is 7.89. The zero-order chi connectivity index (χ0) is 22.4. The highest BCUT2D eigenvalue weighted by atomic mass is 32.2. The summed E-state index contributed by atoms with van der Waals surface area (Å²) in [4.78, 5) is 2.94. The molecule has 0 saturated carbocycles. The Labute approximate surface area is 174 Å². The maximum Gasteiger partial charge on any atom is 0.419 e. The highest BCUT2D eigenvalue weighted by Gasteiger charge is 2.35. The number of sulfonamides is 1. The third-order valence-electron chi connectivity index (χ3n) is 4.42. The smallest absolute Gasteiger partial charge is 0.419 e. The van der Waals surface area contributed by atoms with Crippen molar-refractivity contribution in [2.75, 3.05) is 11.9 Å². The highest BCUT2D eigenvalue weighted by Crippen LogP contribution is 2.35. The number of nitrogens with one attached hydrogen (secondary N) is 1. The Morgan fingerprint density at radius 3 is 2.53 bits per heavy atom. The number of ether oxygens (including phenoxy) is 1. The van der Waals surface area contributed by atoms with Crippen molar-refractivity contribution in [1.29, 1.82) is 0 Å². The normalized spacial score (nSPS) is 12.1. The Kier molecular flexibility index (Phi) is 8.08. The Bertz CT molecular complexity index is 963. The van der Waals surface area contributed by atoms with Gasteiger partial charge in [-0.3, -0.25) is 0 Å². The number of alkyl halides is 3. The molecule has 2 rings (SSSR count). The van der Waals surface area contributed by atoms with E-state index in [9.17, 15) is 21.6 Å². The van der Waals surface area contributed by atoms with E-state index in [1.165, 1.54) is 0 Å². The van der Waals surface area contributed by atoms with Gasteiger partial charge < -0.3 is 10.1 Å². The second-order valence-electron chi connectivity index (χ2n) is 6.98. The molecule has 0 aliphatic rings. The average molecular weight is 446 g/mol. The number of nitrogens with two attached hydrogens (primary N) is 1. The van der Waals surface area contributed by atoms with E-state index in [1.54, 1.807) is 6.07 Å². The molecular formula is C20H26F3N3O3S. The zero-order valence-electron chi connectivity index (χ0n) is 16.9. The molecule has 0 unspecified atom stereocenters. The molecule has 0 amide bonds. The summed E-state index contributed by atoms with van der Waals surface area (Å²) in [7, 11) is -4.31. The number of aromatic nitrogens is 1. The van der Waals surface area contributed by atoms with Crippen LogP contribution in [0.25, 0.3) is 0 Å². The van der Waals surface area contributed by atoms with Crippen LogP contribution in [0.4, 0.5) is 19.0 Å². The van der Waals surface area contributed by atoms with Gasteiger partial charge in [0.05, 0.1) is 12.2 Å². The molecule has 0 spiro atoms. The van der Waals surface area contributed by atoms with Crippen LogP contribution in [-0.2, 0) is 22.7 Å². The minimum Gasteiger partial charge on any atom is -0.493 e. The third-order valence-corrected chi connectivity index (χ3v) is 5.30. The molecule has 166 valence electrons. The van der Waals surface area contributed by atoms with E-state index >= 15 is 0 Å². The molecular weight excluding hydrogens is 419 g/mol. The average Bonchev–Trinajstić information content (AvgIpc) is 2.65. The van der Waals surface area contributed by atoms with Crippen molar-refractivity contribution in [3.8, 4) is 5.75 Å². The number of benzene rings is 1. The number of hydrogen-bond acceptors (Lipinski definition) is 5. The molecule has 0 saturated heterocycles. The number of rotatable bonds is 10. The SMILES string of the molecule is CCCCCCOc1cc(C)ccc1CNc1ncc(S(N)(=O)=O)cc1C(F)(F)F. The number of pyridine rings is 1. The van der Waals surface area contributed by atoms with Crippen molar-refractivity contribution >= 4 is 15.8 Å². The molecule has 1 heterocycles. The van der Waals surface area contributed by atoms with Gasteiger partial charge in [-0.05, 0) is 31.0 Å². The van der Waals surface area contributed by atoms with Gasteiger partial charge in [0.15, 0.2) is 0 Å². The molecule has 0 atom stereocenters. The lowest BCUT2D eigenvalue weighted by Gasteiger charge is -2.16. The number of halogens is 3. The van der Waals surface area contributed by atoms with E-state index in [4.69, 9.17) is 9.88 Å². The first-order valence-electron chi connectivity index (χ1n) is 9.58. The lowest BCUT2D eigenvalue weighted by Crippen LogP contribution is -2.17. The summed E-state index contributed by atoms with van der Waals surface area (Å²) in [6.07, 6.45) is 0.161. The summed E-state index contributed by atoms with van der Waals surface area (Å²) in [5.74, 6) is 0.109. The second-order valence-corrected chi connectivity index (χ2v) is 8.55. The van der Waals surface area contributed by atoms with Crippen molar-refractivity contribution in [2.45, 2.75) is 57.1 Å². The lowest BCUT2D eigenvalue weighted by atomic mass is 10.1. The van der Waals surface area contributed by atoms with Gasteiger partial charge in [0.25, 0.3) is 0 Å². The summed E-state index contributed by atoms with van der Waals surface area (Å²) in [6, 6.07) is 5.92. The number of unbranched alkanes of at least 4 members (excludes halogenated alkanes) is 3. The first-order valence-corrected chi connectivity index (χ1v) is 11.1. The van der Waals surface area contributed by atoms with E-state index < -0.39 is 32.5 Å². The van der Waals surface area contributed by atoms with Gasteiger partial charge in [-0.15, -0.1) is 0 Å². The van der Waals surface area contributed by atoms with E-state index in [1.807, 2.05) is 19.1 Å². The molecule has 1 aromatic carbocycles. The zero-order valence-corrected chi connectivity index (χ0v) is 17.7. The van der Waals surface area contributed by atoms with Gasteiger partial charge in [0.2, 0.25) is 10.0 Å². The number of hydrogen-bond donors (Lipinski definition) is 2. The Morgan fingerprint density at radius 2 is 1.90 bits per heavy atom. The summed E-state index contributed by atoms with van der Waals surface area (Å²) in [6.45, 7) is 4.56. The van der Waals surface area contributed by atoms with Gasteiger partial charge in [-0.1, -0.05) is 38.3 Å². The predicted molar refractivity (Wildman–Crippen MR) is 109 cm³/mol. The summed E-state index contributed by atoms with van der Waals surface area (Å²) < 4.78 is 68.8. The molecule has 0 aliphatic heterocycles. The molecule has 6 nitrogen and oxygen atoms in total. The monoisotopic (exact) mass is 445 g/mol.